The van der Waals surface area contributed by atoms with E-state index in [-0.39, 0.29) is 31.8 Å². The summed E-state index contributed by atoms with van der Waals surface area (Å²) in [5.41, 5.74) is 2.46. The van der Waals surface area contributed by atoms with E-state index in [9.17, 15) is 14.4 Å². The summed E-state index contributed by atoms with van der Waals surface area (Å²) in [5, 5.41) is 2.50. The number of rotatable bonds is 9. The predicted octanol–water partition coefficient (Wildman–Crippen LogP) is 3.82. The molecule has 0 fully saturated rings. The topological polar surface area (TPSA) is 81.7 Å². The maximum atomic E-state index is 12.3. The first-order chi connectivity index (χ1) is 13.5. The minimum atomic E-state index is -0.947. The highest BCUT2D eigenvalue weighted by Gasteiger charge is 2.24. The number of amides is 1. The Morgan fingerprint density at radius 2 is 1.64 bits per heavy atom. The van der Waals surface area contributed by atoms with Gasteiger partial charge >= 0.3 is 12.1 Å². The Labute approximate surface area is 164 Å². The monoisotopic (exact) mass is 383 g/mol. The molecule has 0 bridgehead atoms. The van der Waals surface area contributed by atoms with Crippen LogP contribution < -0.4 is 5.32 Å². The van der Waals surface area contributed by atoms with Gasteiger partial charge in [0.2, 0.25) is 0 Å². The van der Waals surface area contributed by atoms with E-state index in [1.54, 1.807) is 19.1 Å². The lowest BCUT2D eigenvalue weighted by atomic mass is 10.0. The molecule has 2 aromatic rings. The number of carbonyl (C=O) groups is 3. The van der Waals surface area contributed by atoms with Gasteiger partial charge in [0.15, 0.2) is 5.78 Å². The highest BCUT2D eigenvalue weighted by Crippen LogP contribution is 2.10. The molecule has 0 aliphatic carbocycles. The molecule has 0 radical (unpaired) electrons. The predicted molar refractivity (Wildman–Crippen MR) is 105 cm³/mol. The molecular formula is C22H25NO5. The van der Waals surface area contributed by atoms with E-state index in [1.165, 1.54) is 0 Å². The van der Waals surface area contributed by atoms with Crippen molar-refractivity contribution in [3.05, 3.63) is 71.3 Å². The summed E-state index contributed by atoms with van der Waals surface area (Å²) in [5.74, 6) is -0.690. The first-order valence-corrected chi connectivity index (χ1v) is 9.23. The number of nitrogens with one attached hydrogen (secondary N) is 1. The first-order valence-electron chi connectivity index (χ1n) is 9.23. The minimum absolute atomic E-state index is 0.0878. The lowest BCUT2D eigenvalue weighted by molar-refractivity contribution is -0.145. The highest BCUT2D eigenvalue weighted by atomic mass is 16.6. The van der Waals surface area contributed by atoms with Crippen LogP contribution in [0.15, 0.2) is 54.6 Å². The maximum absolute atomic E-state index is 12.3. The van der Waals surface area contributed by atoms with Crippen LogP contribution in [0.1, 0.15) is 41.3 Å². The quantitative estimate of drug-likeness (QED) is 0.526. The molecule has 1 amide bonds. The number of ether oxygens (including phenoxy) is 2. The van der Waals surface area contributed by atoms with E-state index >= 15 is 0 Å². The second kappa shape index (κ2) is 10.9. The highest BCUT2D eigenvalue weighted by molar-refractivity contribution is 5.96. The molecule has 0 saturated carbocycles. The van der Waals surface area contributed by atoms with E-state index in [1.807, 2.05) is 49.4 Å². The number of benzene rings is 2. The van der Waals surface area contributed by atoms with Crippen LogP contribution in [0.3, 0.4) is 0 Å². The van der Waals surface area contributed by atoms with Gasteiger partial charge in [-0.3, -0.25) is 4.79 Å². The number of carbonyl (C=O) groups excluding carboxylic acids is 3. The Morgan fingerprint density at radius 3 is 2.29 bits per heavy atom. The number of ketones is 1. The average Bonchev–Trinajstić information content (AvgIpc) is 2.70. The number of aryl methyl sites for hydroxylation is 1. The molecule has 6 heteroatoms. The molecule has 6 nitrogen and oxygen atoms in total. The summed E-state index contributed by atoms with van der Waals surface area (Å²) in [6, 6.07) is 15.5. The van der Waals surface area contributed by atoms with Gasteiger partial charge in [-0.25, -0.2) is 9.59 Å². The van der Waals surface area contributed by atoms with Crippen molar-refractivity contribution < 1.29 is 23.9 Å². The fourth-order valence-electron chi connectivity index (χ4n) is 2.56. The van der Waals surface area contributed by atoms with E-state index in [2.05, 4.69) is 5.32 Å². The molecule has 1 N–H and O–H groups in total. The van der Waals surface area contributed by atoms with Gasteiger partial charge in [0.25, 0.3) is 0 Å². The molecule has 0 spiro atoms. The van der Waals surface area contributed by atoms with Gasteiger partial charge in [0.1, 0.15) is 12.6 Å². The molecule has 0 aromatic heterocycles. The average molecular weight is 383 g/mol. The van der Waals surface area contributed by atoms with Crippen LogP contribution in [-0.4, -0.2) is 30.5 Å². The van der Waals surface area contributed by atoms with Crippen LogP contribution in [0.5, 0.6) is 0 Å². The zero-order valence-corrected chi connectivity index (χ0v) is 16.1. The molecule has 0 aliphatic heterocycles. The van der Waals surface area contributed by atoms with E-state index in [4.69, 9.17) is 9.47 Å². The zero-order chi connectivity index (χ0) is 20.4. The molecule has 0 saturated heterocycles. The molecule has 2 rings (SSSR count). The Hall–Kier alpha value is -3.15. The summed E-state index contributed by atoms with van der Waals surface area (Å²) in [4.78, 5) is 36.5. The fourth-order valence-corrected chi connectivity index (χ4v) is 2.56. The molecule has 0 aliphatic rings. The number of esters is 1. The Kier molecular flexibility index (Phi) is 8.21. The van der Waals surface area contributed by atoms with Gasteiger partial charge in [-0.05, 0) is 25.8 Å². The fraction of sp³-hybridized carbons (Fsp3) is 0.318. The summed E-state index contributed by atoms with van der Waals surface area (Å²) >= 11 is 0. The summed E-state index contributed by atoms with van der Waals surface area (Å²) in [6.45, 7) is 3.89. The second-order valence-corrected chi connectivity index (χ2v) is 6.34. The third-order valence-corrected chi connectivity index (χ3v) is 4.11. The van der Waals surface area contributed by atoms with Crippen molar-refractivity contribution in [2.45, 2.75) is 39.3 Å². The van der Waals surface area contributed by atoms with Gasteiger partial charge in [-0.2, -0.15) is 0 Å². The number of Topliss-reactive ketones (excluding diaryl/α,β-unsaturated/α-hetero) is 1. The van der Waals surface area contributed by atoms with Crippen molar-refractivity contribution in [1.29, 1.82) is 0 Å². The second-order valence-electron chi connectivity index (χ2n) is 6.34. The number of alkyl carbamates (subject to hydrolysis) is 1. The van der Waals surface area contributed by atoms with Crippen LogP contribution in [0.25, 0.3) is 0 Å². The Balaban J connectivity index is 1.91. The lowest BCUT2D eigenvalue weighted by Crippen LogP contribution is -2.42. The smallest absolute Gasteiger partial charge is 0.408 e. The Morgan fingerprint density at radius 1 is 0.964 bits per heavy atom. The van der Waals surface area contributed by atoms with Gasteiger partial charge < -0.3 is 14.8 Å². The summed E-state index contributed by atoms with van der Waals surface area (Å²) in [7, 11) is 0. The van der Waals surface area contributed by atoms with Gasteiger partial charge in [0.05, 0.1) is 6.61 Å². The zero-order valence-electron chi connectivity index (χ0n) is 16.1. The van der Waals surface area contributed by atoms with Crippen LogP contribution >= 0.6 is 0 Å². The third-order valence-electron chi connectivity index (χ3n) is 4.11. The largest absolute Gasteiger partial charge is 0.464 e. The molecule has 1 unspecified atom stereocenters. The van der Waals surface area contributed by atoms with Gasteiger partial charge in [-0.1, -0.05) is 60.2 Å². The van der Waals surface area contributed by atoms with E-state index in [0.717, 1.165) is 11.1 Å². The normalized spacial score (nSPS) is 11.4. The standard InChI is InChI=1S/C22H25NO5/c1-3-27-21(25)19(13-14-20(24)18-11-9-16(2)10-12-18)23-22(26)28-15-17-7-5-4-6-8-17/h4-12,19H,3,13-15H2,1-2H3,(H,23,26). The van der Waals surface area contributed by atoms with Crippen LogP contribution in [0, 0.1) is 6.92 Å². The maximum Gasteiger partial charge on any atom is 0.408 e. The van der Waals surface area contributed by atoms with Crippen molar-refractivity contribution in [3.8, 4) is 0 Å². The molecule has 0 heterocycles. The Bertz CT molecular complexity index is 786. The minimum Gasteiger partial charge on any atom is -0.464 e. The van der Waals surface area contributed by atoms with Crippen LogP contribution in [0.4, 0.5) is 4.79 Å². The molecule has 28 heavy (non-hydrogen) atoms. The van der Waals surface area contributed by atoms with Crippen LogP contribution in [-0.2, 0) is 20.9 Å². The van der Waals surface area contributed by atoms with Gasteiger partial charge in [0, 0.05) is 12.0 Å². The van der Waals surface area contributed by atoms with Crippen molar-refractivity contribution in [1.82, 2.24) is 5.32 Å². The van der Waals surface area contributed by atoms with Crippen molar-refractivity contribution >= 4 is 17.8 Å². The summed E-state index contributed by atoms with van der Waals surface area (Å²) in [6.07, 6.45) is -0.498. The van der Waals surface area contributed by atoms with Crippen molar-refractivity contribution in [3.63, 3.8) is 0 Å². The molecular weight excluding hydrogens is 358 g/mol. The lowest BCUT2D eigenvalue weighted by Gasteiger charge is -2.17. The van der Waals surface area contributed by atoms with Gasteiger partial charge in [-0.15, -0.1) is 0 Å². The molecule has 2 aromatic carbocycles. The summed E-state index contributed by atoms with van der Waals surface area (Å²) < 4.78 is 10.1. The van der Waals surface area contributed by atoms with E-state index < -0.39 is 18.1 Å². The first kappa shape index (κ1) is 21.2. The van der Waals surface area contributed by atoms with Crippen molar-refractivity contribution in [2.24, 2.45) is 0 Å². The van der Waals surface area contributed by atoms with Crippen LogP contribution in [0.2, 0.25) is 0 Å². The number of hydrogen-bond donors (Lipinski definition) is 1. The molecule has 1 atom stereocenters. The molecule has 148 valence electrons. The van der Waals surface area contributed by atoms with Crippen molar-refractivity contribution in [2.75, 3.05) is 6.61 Å². The third kappa shape index (κ3) is 6.87. The number of hydrogen-bond acceptors (Lipinski definition) is 5. The SMILES string of the molecule is CCOC(=O)C(CCC(=O)c1ccc(C)cc1)NC(=O)OCc1ccccc1. The van der Waals surface area contributed by atoms with E-state index in [0.29, 0.717) is 5.56 Å².